The van der Waals surface area contributed by atoms with Gasteiger partial charge in [0.1, 0.15) is 0 Å². The van der Waals surface area contributed by atoms with Crippen LogP contribution in [0.4, 0.5) is 4.79 Å². The number of carbonyl (C=O) groups excluding carboxylic acids is 1. The first-order valence-corrected chi connectivity index (χ1v) is 6.16. The molecule has 0 aromatic heterocycles. The number of likely N-dealkylation sites (tertiary alicyclic amines) is 1. The lowest BCUT2D eigenvalue weighted by atomic mass is 10.0. The summed E-state index contributed by atoms with van der Waals surface area (Å²) in [6.07, 6.45) is 4.13. The maximum absolute atomic E-state index is 11.8. The largest absolute Gasteiger partial charge is 0.387 e. The van der Waals surface area contributed by atoms with E-state index >= 15 is 0 Å². The van der Waals surface area contributed by atoms with Gasteiger partial charge in [-0.05, 0) is 32.2 Å². The van der Waals surface area contributed by atoms with E-state index in [4.69, 9.17) is 0 Å². The first-order chi connectivity index (χ1) is 7.70. The van der Waals surface area contributed by atoms with Crippen LogP contribution in [-0.4, -0.2) is 54.4 Å². The molecule has 0 aromatic rings. The Hall–Kier alpha value is -0.810. The highest BCUT2D eigenvalue weighted by molar-refractivity contribution is 5.74. The fourth-order valence-electron chi connectivity index (χ4n) is 2.33. The first kappa shape index (κ1) is 11.7. The predicted octanol–water partition coefficient (Wildman–Crippen LogP) is -0.0937. The van der Waals surface area contributed by atoms with E-state index < -0.39 is 5.60 Å². The van der Waals surface area contributed by atoms with Gasteiger partial charge in [0.25, 0.3) is 0 Å². The molecule has 3 N–H and O–H groups in total. The third-order valence-corrected chi connectivity index (χ3v) is 3.43. The number of nitrogens with zero attached hydrogens (tertiary/aromatic N) is 1. The van der Waals surface area contributed by atoms with Crippen LogP contribution < -0.4 is 10.6 Å². The molecular weight excluding hydrogens is 206 g/mol. The van der Waals surface area contributed by atoms with E-state index in [-0.39, 0.29) is 6.03 Å². The van der Waals surface area contributed by atoms with Gasteiger partial charge in [0, 0.05) is 26.2 Å². The van der Waals surface area contributed by atoms with Crippen molar-refractivity contribution in [2.75, 3.05) is 32.7 Å². The van der Waals surface area contributed by atoms with Crippen LogP contribution in [-0.2, 0) is 0 Å². The molecule has 0 aromatic carbocycles. The minimum atomic E-state index is -0.745. The van der Waals surface area contributed by atoms with E-state index in [0.717, 1.165) is 32.5 Å². The lowest BCUT2D eigenvalue weighted by molar-refractivity contribution is 0.0612. The summed E-state index contributed by atoms with van der Waals surface area (Å²) in [5.41, 5.74) is -0.745. The number of hydrogen-bond acceptors (Lipinski definition) is 3. The van der Waals surface area contributed by atoms with Crippen molar-refractivity contribution in [3.8, 4) is 0 Å². The smallest absolute Gasteiger partial charge is 0.317 e. The predicted molar refractivity (Wildman–Crippen MR) is 61.3 cm³/mol. The van der Waals surface area contributed by atoms with Gasteiger partial charge in [-0.1, -0.05) is 0 Å². The molecule has 2 fully saturated rings. The number of hydrogen-bond donors (Lipinski definition) is 3. The van der Waals surface area contributed by atoms with Gasteiger partial charge in [-0.25, -0.2) is 4.79 Å². The maximum Gasteiger partial charge on any atom is 0.317 e. The number of nitrogens with one attached hydrogen (secondary N) is 2. The number of aliphatic hydroxyl groups is 1. The van der Waals surface area contributed by atoms with Gasteiger partial charge in [-0.2, -0.15) is 0 Å². The number of urea groups is 1. The third kappa shape index (κ3) is 2.86. The number of β-amino-alcohol motifs (C(OH)–C–C–N with tert-alkyl or cyclic N) is 1. The fourth-order valence-corrected chi connectivity index (χ4v) is 2.33. The van der Waals surface area contributed by atoms with Gasteiger partial charge in [-0.3, -0.25) is 0 Å². The van der Waals surface area contributed by atoms with Crippen molar-refractivity contribution >= 4 is 6.03 Å². The molecule has 5 heteroatoms. The average Bonchev–Trinajstić information content (AvgIpc) is 2.75. The molecule has 2 rings (SSSR count). The van der Waals surface area contributed by atoms with Gasteiger partial charge in [-0.15, -0.1) is 0 Å². The number of carbonyl (C=O) groups is 1. The molecule has 2 aliphatic heterocycles. The summed E-state index contributed by atoms with van der Waals surface area (Å²) in [5, 5.41) is 16.0. The fraction of sp³-hybridized carbons (Fsp3) is 0.909. The van der Waals surface area contributed by atoms with Crippen molar-refractivity contribution in [2.24, 2.45) is 0 Å². The van der Waals surface area contributed by atoms with Crippen LogP contribution in [0.15, 0.2) is 0 Å². The van der Waals surface area contributed by atoms with E-state index in [1.165, 1.54) is 6.42 Å². The molecule has 0 bridgehead atoms. The maximum atomic E-state index is 11.8. The highest BCUT2D eigenvalue weighted by Gasteiger charge is 2.31. The molecule has 2 heterocycles. The summed E-state index contributed by atoms with van der Waals surface area (Å²) >= 11 is 0. The molecule has 2 saturated heterocycles. The SMILES string of the molecule is O=C(NCC1(O)CCNC1)N1CCCCC1. The molecule has 92 valence electrons. The van der Waals surface area contributed by atoms with Crippen molar-refractivity contribution in [1.82, 2.24) is 15.5 Å². The minimum Gasteiger partial charge on any atom is -0.387 e. The molecule has 16 heavy (non-hydrogen) atoms. The summed E-state index contributed by atoms with van der Waals surface area (Å²) in [7, 11) is 0. The zero-order valence-corrected chi connectivity index (χ0v) is 9.67. The average molecular weight is 227 g/mol. The van der Waals surface area contributed by atoms with Gasteiger partial charge < -0.3 is 20.6 Å². The molecule has 2 aliphatic rings. The molecule has 0 radical (unpaired) electrons. The van der Waals surface area contributed by atoms with Gasteiger partial charge in [0.05, 0.1) is 5.60 Å². The highest BCUT2D eigenvalue weighted by Crippen LogP contribution is 2.13. The van der Waals surface area contributed by atoms with Crippen molar-refractivity contribution in [3.05, 3.63) is 0 Å². The molecule has 2 amide bonds. The summed E-state index contributed by atoms with van der Waals surface area (Å²) < 4.78 is 0. The Morgan fingerprint density at radius 2 is 2.12 bits per heavy atom. The lowest BCUT2D eigenvalue weighted by Crippen LogP contribution is -2.49. The van der Waals surface area contributed by atoms with Crippen LogP contribution in [0.1, 0.15) is 25.7 Å². The third-order valence-electron chi connectivity index (χ3n) is 3.43. The topological polar surface area (TPSA) is 64.6 Å². The van der Waals surface area contributed by atoms with Gasteiger partial charge in [0.2, 0.25) is 0 Å². The Balaban J connectivity index is 1.74. The Morgan fingerprint density at radius 3 is 2.75 bits per heavy atom. The van der Waals surface area contributed by atoms with Crippen LogP contribution in [0.25, 0.3) is 0 Å². The quantitative estimate of drug-likeness (QED) is 0.617. The number of amides is 2. The van der Waals surface area contributed by atoms with Crippen LogP contribution >= 0.6 is 0 Å². The van der Waals surface area contributed by atoms with Crippen molar-refractivity contribution in [3.63, 3.8) is 0 Å². The second kappa shape index (κ2) is 5.01. The standard InChI is InChI=1S/C11H21N3O2/c15-10(14-6-2-1-3-7-14)13-9-11(16)4-5-12-8-11/h12,16H,1-9H2,(H,13,15). The van der Waals surface area contributed by atoms with Gasteiger partial charge >= 0.3 is 6.03 Å². The Labute approximate surface area is 96.2 Å². The zero-order chi connectivity index (χ0) is 11.4. The van der Waals surface area contributed by atoms with Gasteiger partial charge in [0.15, 0.2) is 0 Å². The molecule has 1 atom stereocenters. The van der Waals surface area contributed by atoms with Crippen LogP contribution in [0.2, 0.25) is 0 Å². The zero-order valence-electron chi connectivity index (χ0n) is 9.67. The van der Waals surface area contributed by atoms with E-state index in [0.29, 0.717) is 19.5 Å². The summed E-state index contributed by atoms with van der Waals surface area (Å²) in [6.45, 7) is 3.46. The minimum absolute atomic E-state index is 0.0278. The Bertz CT molecular complexity index is 246. The van der Waals surface area contributed by atoms with E-state index in [1.54, 1.807) is 0 Å². The molecule has 1 unspecified atom stereocenters. The second-order valence-corrected chi connectivity index (χ2v) is 4.86. The van der Waals surface area contributed by atoms with Crippen LogP contribution in [0.5, 0.6) is 0 Å². The van der Waals surface area contributed by atoms with Crippen LogP contribution in [0.3, 0.4) is 0 Å². The van der Waals surface area contributed by atoms with E-state index in [9.17, 15) is 9.90 Å². The molecular formula is C11H21N3O2. The summed E-state index contributed by atoms with van der Waals surface area (Å²) in [4.78, 5) is 13.6. The van der Waals surface area contributed by atoms with Crippen molar-refractivity contribution in [2.45, 2.75) is 31.3 Å². The monoisotopic (exact) mass is 227 g/mol. The number of rotatable bonds is 2. The number of piperidine rings is 1. The molecule has 0 aliphatic carbocycles. The molecule has 5 nitrogen and oxygen atoms in total. The van der Waals surface area contributed by atoms with Crippen molar-refractivity contribution in [1.29, 1.82) is 0 Å². The normalized spacial score (nSPS) is 30.4. The van der Waals surface area contributed by atoms with E-state index in [1.807, 2.05) is 4.90 Å². The lowest BCUT2D eigenvalue weighted by Gasteiger charge is -2.29. The molecule has 0 spiro atoms. The summed E-state index contributed by atoms with van der Waals surface area (Å²) in [5.74, 6) is 0. The highest BCUT2D eigenvalue weighted by atomic mass is 16.3. The Morgan fingerprint density at radius 1 is 1.38 bits per heavy atom. The summed E-state index contributed by atoms with van der Waals surface area (Å²) in [6, 6.07) is -0.0278. The van der Waals surface area contributed by atoms with Crippen LogP contribution in [0, 0.1) is 0 Å². The molecule has 0 saturated carbocycles. The van der Waals surface area contributed by atoms with E-state index in [2.05, 4.69) is 10.6 Å². The Kier molecular flexibility index (Phi) is 3.66. The second-order valence-electron chi connectivity index (χ2n) is 4.86. The first-order valence-electron chi connectivity index (χ1n) is 6.16. The van der Waals surface area contributed by atoms with Crippen molar-refractivity contribution < 1.29 is 9.90 Å².